The van der Waals surface area contributed by atoms with Crippen LogP contribution in [0.1, 0.15) is 58.6 Å². The van der Waals surface area contributed by atoms with Crippen LogP contribution in [0.15, 0.2) is 24.3 Å². The zero-order valence-corrected chi connectivity index (χ0v) is 15.7. The molecule has 2 heteroatoms. The fourth-order valence-electron chi connectivity index (χ4n) is 4.14. The molecule has 2 atom stereocenters. The Morgan fingerprint density at radius 3 is 1.87 bits per heavy atom. The van der Waals surface area contributed by atoms with E-state index in [1.54, 1.807) is 0 Å². The number of nitrogens with one attached hydrogen (secondary N) is 1. The lowest BCUT2D eigenvalue weighted by molar-refractivity contribution is 0.112. The number of hydrogen-bond acceptors (Lipinski definition) is 2. The number of hydrogen-bond donors (Lipinski definition) is 2. The van der Waals surface area contributed by atoms with Crippen LogP contribution in [0.3, 0.4) is 0 Å². The summed E-state index contributed by atoms with van der Waals surface area (Å²) >= 11 is 0. The van der Waals surface area contributed by atoms with Crippen LogP contribution in [-0.2, 0) is 13.0 Å². The first-order valence-electron chi connectivity index (χ1n) is 9.49. The topological polar surface area (TPSA) is 38.0 Å². The second-order valence-corrected chi connectivity index (χ2v) is 8.11. The van der Waals surface area contributed by atoms with E-state index in [1.807, 2.05) is 0 Å². The van der Waals surface area contributed by atoms with Crippen molar-refractivity contribution in [3.05, 3.63) is 35.4 Å². The van der Waals surface area contributed by atoms with Gasteiger partial charge in [0.1, 0.15) is 0 Å². The zero-order chi connectivity index (χ0) is 17.0. The Bertz CT molecular complexity index is 445. The van der Waals surface area contributed by atoms with Crippen molar-refractivity contribution in [2.24, 2.45) is 29.4 Å². The third kappa shape index (κ3) is 4.81. The molecule has 2 rings (SSSR count). The van der Waals surface area contributed by atoms with Gasteiger partial charge in [-0.1, -0.05) is 58.9 Å². The van der Waals surface area contributed by atoms with Gasteiger partial charge in [-0.15, -0.1) is 0 Å². The average Bonchev–Trinajstić information content (AvgIpc) is 2.53. The molecule has 0 amide bonds. The van der Waals surface area contributed by atoms with Crippen molar-refractivity contribution in [1.82, 2.24) is 5.32 Å². The zero-order valence-electron chi connectivity index (χ0n) is 15.7. The fourth-order valence-corrected chi connectivity index (χ4v) is 4.14. The van der Waals surface area contributed by atoms with Gasteiger partial charge in [-0.05, 0) is 54.1 Å². The number of nitrogens with two attached hydrogens (primary N) is 1. The molecule has 1 aliphatic carbocycles. The predicted octanol–water partition coefficient (Wildman–Crippen LogP) is 4.37. The summed E-state index contributed by atoms with van der Waals surface area (Å²) in [5, 5.41) is 3.81. The molecule has 1 aromatic carbocycles. The van der Waals surface area contributed by atoms with Crippen molar-refractivity contribution in [3.63, 3.8) is 0 Å². The Labute approximate surface area is 143 Å². The van der Waals surface area contributed by atoms with Gasteiger partial charge in [-0.3, -0.25) is 0 Å². The van der Waals surface area contributed by atoms with E-state index in [4.69, 9.17) is 5.73 Å². The lowest BCUT2D eigenvalue weighted by Crippen LogP contribution is -2.51. The van der Waals surface area contributed by atoms with Crippen molar-refractivity contribution in [3.8, 4) is 0 Å². The highest BCUT2D eigenvalue weighted by Crippen LogP contribution is 2.36. The summed E-state index contributed by atoms with van der Waals surface area (Å²) in [5.74, 6) is 2.60. The Morgan fingerprint density at radius 1 is 0.957 bits per heavy atom. The van der Waals surface area contributed by atoms with Gasteiger partial charge in [0, 0.05) is 18.6 Å². The van der Waals surface area contributed by atoms with Crippen LogP contribution in [0.25, 0.3) is 0 Å². The second kappa shape index (κ2) is 8.30. The Kier molecular flexibility index (Phi) is 6.67. The quantitative estimate of drug-likeness (QED) is 0.817. The first-order valence-corrected chi connectivity index (χ1v) is 9.49. The van der Waals surface area contributed by atoms with Crippen molar-refractivity contribution < 1.29 is 0 Å². The van der Waals surface area contributed by atoms with E-state index in [9.17, 15) is 0 Å². The highest BCUT2D eigenvalue weighted by atomic mass is 14.9. The predicted molar refractivity (Wildman–Crippen MR) is 100 cm³/mol. The van der Waals surface area contributed by atoms with Crippen LogP contribution in [0.4, 0.5) is 0 Å². The van der Waals surface area contributed by atoms with Crippen molar-refractivity contribution in [1.29, 1.82) is 0 Å². The van der Waals surface area contributed by atoms with E-state index >= 15 is 0 Å². The molecule has 0 spiro atoms. The highest BCUT2D eigenvalue weighted by molar-refractivity contribution is 5.22. The van der Waals surface area contributed by atoms with Crippen LogP contribution in [0.2, 0.25) is 0 Å². The van der Waals surface area contributed by atoms with E-state index in [2.05, 4.69) is 64.2 Å². The largest absolute Gasteiger partial charge is 0.327 e. The second-order valence-electron chi connectivity index (χ2n) is 8.11. The summed E-state index contributed by atoms with van der Waals surface area (Å²) in [4.78, 5) is 0. The van der Waals surface area contributed by atoms with Gasteiger partial charge in [-0.25, -0.2) is 0 Å². The smallest absolute Gasteiger partial charge is 0.0208 e. The van der Waals surface area contributed by atoms with Crippen LogP contribution < -0.4 is 11.1 Å². The van der Waals surface area contributed by atoms with E-state index in [0.29, 0.717) is 35.8 Å². The molecule has 0 bridgehead atoms. The normalized spacial score (nSPS) is 28.5. The van der Waals surface area contributed by atoms with Crippen LogP contribution in [-0.4, -0.2) is 12.1 Å². The molecule has 0 heterocycles. The third-order valence-electron chi connectivity index (χ3n) is 5.84. The summed E-state index contributed by atoms with van der Waals surface area (Å²) < 4.78 is 0. The van der Waals surface area contributed by atoms with Gasteiger partial charge in [-0.2, -0.15) is 0 Å². The van der Waals surface area contributed by atoms with Gasteiger partial charge < -0.3 is 11.1 Å². The van der Waals surface area contributed by atoms with Crippen LogP contribution in [0, 0.1) is 23.7 Å². The third-order valence-corrected chi connectivity index (χ3v) is 5.84. The maximum absolute atomic E-state index is 6.60. The molecule has 0 aromatic heterocycles. The molecule has 0 radical (unpaired) electrons. The van der Waals surface area contributed by atoms with E-state index in [-0.39, 0.29) is 0 Å². The number of aryl methyl sites for hydroxylation is 1. The minimum absolute atomic E-state index is 0.358. The molecule has 130 valence electrons. The molecule has 0 saturated heterocycles. The molecule has 2 nitrogen and oxygen atoms in total. The lowest BCUT2D eigenvalue weighted by Gasteiger charge is -2.44. The molecule has 23 heavy (non-hydrogen) atoms. The molecule has 1 saturated carbocycles. The first-order chi connectivity index (χ1) is 10.9. The summed E-state index contributed by atoms with van der Waals surface area (Å²) in [6.07, 6.45) is 3.55. The summed E-state index contributed by atoms with van der Waals surface area (Å²) in [6, 6.07) is 9.99. The molecular formula is C21H36N2. The SMILES string of the molecule is CCc1ccc(CNC2CC(C(C)C)C(N)C(C(C)C)C2)cc1. The summed E-state index contributed by atoms with van der Waals surface area (Å²) in [5.41, 5.74) is 9.40. The van der Waals surface area contributed by atoms with Gasteiger partial charge >= 0.3 is 0 Å². The van der Waals surface area contributed by atoms with E-state index in [0.717, 1.165) is 13.0 Å². The van der Waals surface area contributed by atoms with E-state index < -0.39 is 0 Å². The molecular weight excluding hydrogens is 280 g/mol. The Morgan fingerprint density at radius 2 is 1.43 bits per heavy atom. The van der Waals surface area contributed by atoms with Gasteiger partial charge in [0.15, 0.2) is 0 Å². The van der Waals surface area contributed by atoms with Crippen LogP contribution >= 0.6 is 0 Å². The maximum Gasteiger partial charge on any atom is 0.0208 e. The van der Waals surface area contributed by atoms with Crippen LogP contribution in [0.5, 0.6) is 0 Å². The highest BCUT2D eigenvalue weighted by Gasteiger charge is 2.37. The molecule has 3 N–H and O–H groups in total. The number of rotatable bonds is 6. The lowest BCUT2D eigenvalue weighted by atomic mass is 9.67. The first kappa shape index (κ1) is 18.5. The summed E-state index contributed by atoms with van der Waals surface area (Å²) in [7, 11) is 0. The van der Waals surface area contributed by atoms with Crippen molar-refractivity contribution in [2.75, 3.05) is 0 Å². The fraction of sp³-hybridized carbons (Fsp3) is 0.714. The van der Waals surface area contributed by atoms with Crippen molar-refractivity contribution >= 4 is 0 Å². The molecule has 1 aromatic rings. The molecule has 1 fully saturated rings. The Hall–Kier alpha value is -0.860. The number of benzene rings is 1. The molecule has 2 unspecified atom stereocenters. The standard InChI is InChI=1S/C21H36N2/c1-6-16-7-9-17(10-8-16)13-23-18-11-19(14(2)3)21(22)20(12-18)15(4)5/h7-10,14-15,18-21,23H,6,11-13,22H2,1-5H3. The maximum atomic E-state index is 6.60. The average molecular weight is 317 g/mol. The minimum Gasteiger partial charge on any atom is -0.327 e. The van der Waals surface area contributed by atoms with Gasteiger partial charge in [0.05, 0.1) is 0 Å². The van der Waals surface area contributed by atoms with Crippen molar-refractivity contribution in [2.45, 2.75) is 72.5 Å². The van der Waals surface area contributed by atoms with E-state index in [1.165, 1.54) is 24.0 Å². The monoisotopic (exact) mass is 316 g/mol. The van der Waals surface area contributed by atoms with Gasteiger partial charge in [0.25, 0.3) is 0 Å². The van der Waals surface area contributed by atoms with Gasteiger partial charge in [0.2, 0.25) is 0 Å². The minimum atomic E-state index is 0.358. The Balaban J connectivity index is 1.97. The molecule has 0 aliphatic heterocycles. The molecule has 1 aliphatic rings. The summed E-state index contributed by atoms with van der Waals surface area (Å²) in [6.45, 7) is 12.5.